The van der Waals surface area contributed by atoms with Gasteiger partial charge in [0.25, 0.3) is 0 Å². The van der Waals surface area contributed by atoms with Gasteiger partial charge in [-0.25, -0.2) is 23.2 Å². The monoisotopic (exact) mass is 479 g/mol. The van der Waals surface area contributed by atoms with E-state index in [-0.39, 0.29) is 18.4 Å². The molecular formula is C21H29N5O6S. The zero-order valence-electron chi connectivity index (χ0n) is 18.9. The zero-order valence-corrected chi connectivity index (χ0v) is 19.7. The van der Waals surface area contributed by atoms with E-state index in [4.69, 9.17) is 14.6 Å². The number of amides is 1. The van der Waals surface area contributed by atoms with Crippen molar-refractivity contribution >= 4 is 33.3 Å². The van der Waals surface area contributed by atoms with E-state index in [2.05, 4.69) is 20.6 Å². The molecule has 2 aromatic heterocycles. The number of nitrogens with one attached hydrogen (secondary N) is 2. The van der Waals surface area contributed by atoms with E-state index in [0.717, 1.165) is 0 Å². The molecule has 0 bridgehead atoms. The van der Waals surface area contributed by atoms with E-state index in [1.807, 2.05) is 13.0 Å². The lowest BCUT2D eigenvalue weighted by atomic mass is 10.1. The summed E-state index contributed by atoms with van der Waals surface area (Å²) in [4.78, 5) is 21.3. The fourth-order valence-electron chi connectivity index (χ4n) is 3.44. The van der Waals surface area contributed by atoms with Gasteiger partial charge in [-0.05, 0) is 19.1 Å². The summed E-state index contributed by atoms with van der Waals surface area (Å²) in [7, 11) is -1.52. The number of hydrogen-bond donors (Lipinski definition) is 3. The molecule has 1 saturated heterocycles. The van der Waals surface area contributed by atoms with Crippen LogP contribution >= 0.6 is 0 Å². The molecule has 1 fully saturated rings. The summed E-state index contributed by atoms with van der Waals surface area (Å²) in [5, 5.41) is 15.3. The molecule has 33 heavy (non-hydrogen) atoms. The van der Waals surface area contributed by atoms with Crippen LogP contribution in [0.2, 0.25) is 0 Å². The number of methoxy groups -OCH3 is 1. The van der Waals surface area contributed by atoms with Crippen molar-refractivity contribution in [2.75, 3.05) is 49.4 Å². The molecule has 3 heterocycles. The van der Waals surface area contributed by atoms with E-state index >= 15 is 0 Å². The Morgan fingerprint density at radius 3 is 2.61 bits per heavy atom. The number of nitrogens with zero attached hydrogens (tertiary/aromatic N) is 3. The number of hydrogen-bond acceptors (Lipinski definition) is 9. The highest BCUT2D eigenvalue weighted by molar-refractivity contribution is 7.90. The number of pyridine rings is 2. The first-order valence-electron chi connectivity index (χ1n) is 10.5. The summed E-state index contributed by atoms with van der Waals surface area (Å²) in [6.07, 6.45) is 2.95. The van der Waals surface area contributed by atoms with E-state index in [0.29, 0.717) is 60.4 Å². The van der Waals surface area contributed by atoms with E-state index in [9.17, 15) is 13.2 Å². The molecule has 12 heteroatoms. The fourth-order valence-corrected chi connectivity index (χ4v) is 3.91. The largest absolute Gasteiger partial charge is 0.490 e. The Kier molecular flexibility index (Phi) is 7.79. The quantitative estimate of drug-likeness (QED) is 0.491. The molecule has 2 aromatic rings. The Balaban J connectivity index is 1.68. The van der Waals surface area contributed by atoms with Crippen LogP contribution in [-0.4, -0.2) is 79.3 Å². The first kappa shape index (κ1) is 24.4. The van der Waals surface area contributed by atoms with Gasteiger partial charge in [0.05, 0.1) is 24.2 Å². The Morgan fingerprint density at radius 2 is 2.00 bits per heavy atom. The molecule has 1 aliphatic heterocycles. The van der Waals surface area contributed by atoms with Gasteiger partial charge in [0.1, 0.15) is 21.8 Å². The van der Waals surface area contributed by atoms with Crippen LogP contribution in [0.15, 0.2) is 24.4 Å². The van der Waals surface area contributed by atoms with Gasteiger partial charge in [-0.1, -0.05) is 0 Å². The van der Waals surface area contributed by atoms with Crippen molar-refractivity contribution in [2.24, 2.45) is 0 Å². The number of anilines is 3. The van der Waals surface area contributed by atoms with Crippen LogP contribution in [0.3, 0.4) is 0 Å². The highest BCUT2D eigenvalue weighted by Gasteiger charge is 2.25. The van der Waals surface area contributed by atoms with E-state index < -0.39 is 15.9 Å². The molecule has 1 aliphatic rings. The lowest BCUT2D eigenvalue weighted by Crippen LogP contribution is -2.41. The topological polar surface area (TPSA) is 143 Å². The summed E-state index contributed by atoms with van der Waals surface area (Å²) in [5.74, 6) is 2.02. The summed E-state index contributed by atoms with van der Waals surface area (Å²) in [5.41, 5.74) is 1.40. The van der Waals surface area contributed by atoms with Crippen LogP contribution < -0.4 is 20.1 Å². The summed E-state index contributed by atoms with van der Waals surface area (Å²) in [6.45, 7) is 2.95. The van der Waals surface area contributed by atoms with E-state index in [1.165, 1.54) is 18.3 Å². The number of aromatic nitrogens is 2. The maximum Gasteiger partial charge on any atom is 0.407 e. The average molecular weight is 480 g/mol. The Labute approximate surface area is 193 Å². The number of likely N-dealkylation sites (tertiary alicyclic amines) is 1. The van der Waals surface area contributed by atoms with Crippen molar-refractivity contribution in [1.82, 2.24) is 14.9 Å². The number of aryl methyl sites for hydroxylation is 1. The Morgan fingerprint density at radius 1 is 1.27 bits per heavy atom. The molecule has 0 aliphatic carbocycles. The van der Waals surface area contributed by atoms with Crippen LogP contribution in [-0.2, 0) is 9.84 Å². The highest BCUT2D eigenvalue weighted by atomic mass is 32.2. The maximum atomic E-state index is 11.3. The minimum Gasteiger partial charge on any atom is -0.490 e. The van der Waals surface area contributed by atoms with Gasteiger partial charge < -0.3 is 30.1 Å². The van der Waals surface area contributed by atoms with Gasteiger partial charge in [-0.3, -0.25) is 0 Å². The molecule has 0 radical (unpaired) electrons. The molecule has 1 amide bonds. The predicted octanol–water partition coefficient (Wildman–Crippen LogP) is 2.51. The molecule has 0 saturated carbocycles. The van der Waals surface area contributed by atoms with Crippen LogP contribution in [0.1, 0.15) is 18.5 Å². The minimum atomic E-state index is -3.05. The number of piperidine rings is 1. The fraction of sp³-hybridized carbons (Fsp3) is 0.476. The molecule has 180 valence electrons. The number of carbonyl (C=O) groups is 1. The highest BCUT2D eigenvalue weighted by Crippen LogP contribution is 2.36. The zero-order chi connectivity index (χ0) is 24.0. The third kappa shape index (κ3) is 6.85. The summed E-state index contributed by atoms with van der Waals surface area (Å²) >= 11 is 0. The van der Waals surface area contributed by atoms with Crippen LogP contribution in [0.5, 0.6) is 11.5 Å². The van der Waals surface area contributed by atoms with Crippen molar-refractivity contribution in [2.45, 2.75) is 25.9 Å². The lowest BCUT2D eigenvalue weighted by Gasteiger charge is -2.30. The normalized spacial score (nSPS) is 14.6. The third-order valence-electron chi connectivity index (χ3n) is 5.20. The van der Waals surface area contributed by atoms with Gasteiger partial charge >= 0.3 is 6.09 Å². The smallest absolute Gasteiger partial charge is 0.407 e. The van der Waals surface area contributed by atoms with Crippen molar-refractivity contribution < 1.29 is 27.8 Å². The molecule has 11 nitrogen and oxygen atoms in total. The van der Waals surface area contributed by atoms with Gasteiger partial charge in [0.15, 0.2) is 11.6 Å². The number of sulfone groups is 1. The second-order valence-electron chi connectivity index (χ2n) is 7.79. The first-order valence-corrected chi connectivity index (χ1v) is 12.6. The average Bonchev–Trinajstić information content (AvgIpc) is 2.75. The lowest BCUT2D eigenvalue weighted by molar-refractivity contribution is 0.0878. The number of carboxylic acid groups (broad SMARTS) is 1. The summed E-state index contributed by atoms with van der Waals surface area (Å²) < 4.78 is 34.2. The minimum absolute atomic E-state index is 0.0248. The van der Waals surface area contributed by atoms with Gasteiger partial charge in [-0.2, -0.15) is 0 Å². The molecule has 0 unspecified atom stereocenters. The molecule has 0 aromatic carbocycles. The molecule has 3 rings (SSSR count). The molecular weight excluding hydrogens is 450 g/mol. The van der Waals surface area contributed by atoms with E-state index in [1.54, 1.807) is 18.3 Å². The van der Waals surface area contributed by atoms with Crippen molar-refractivity contribution in [1.29, 1.82) is 0 Å². The molecule has 0 atom stereocenters. The van der Waals surface area contributed by atoms with Crippen molar-refractivity contribution in [3.8, 4) is 11.5 Å². The second kappa shape index (κ2) is 10.6. The molecule has 0 spiro atoms. The van der Waals surface area contributed by atoms with Crippen LogP contribution in [0, 0.1) is 6.92 Å². The maximum absolute atomic E-state index is 11.3. The third-order valence-corrected chi connectivity index (χ3v) is 6.14. The van der Waals surface area contributed by atoms with Crippen molar-refractivity contribution in [3.63, 3.8) is 0 Å². The number of ether oxygens (including phenoxy) is 2. The van der Waals surface area contributed by atoms with Gasteiger partial charge in [0.2, 0.25) is 5.75 Å². The summed E-state index contributed by atoms with van der Waals surface area (Å²) in [6, 6.07) is 5.29. The van der Waals surface area contributed by atoms with Crippen molar-refractivity contribution in [3.05, 3.63) is 30.1 Å². The molecule has 3 N–H and O–H groups in total. The van der Waals surface area contributed by atoms with Crippen LogP contribution in [0.25, 0.3) is 0 Å². The second-order valence-corrected chi connectivity index (χ2v) is 10.0. The van der Waals surface area contributed by atoms with Crippen LogP contribution in [0.4, 0.5) is 22.1 Å². The Bertz CT molecular complexity index is 1090. The van der Waals surface area contributed by atoms with Gasteiger partial charge in [0, 0.05) is 51.0 Å². The SMILES string of the molecule is COc1c(OC2CCN(C(=O)O)CC2)ccnc1Nc1ccc(NCCS(C)(=O)=O)nc1C. The predicted molar refractivity (Wildman–Crippen MR) is 124 cm³/mol. The Hall–Kier alpha value is -3.28. The first-order chi connectivity index (χ1) is 15.7. The number of rotatable bonds is 9. The van der Waals surface area contributed by atoms with Gasteiger partial charge in [-0.15, -0.1) is 0 Å². The standard InChI is InChI=1S/C21H29N5O6S/c1-14-16(4-5-18(24-14)22-10-13-33(3,29)30)25-20-19(31-2)17(6-9-23-20)32-15-7-11-26(12-8-15)21(27)28/h4-6,9,15H,7-8,10-13H2,1-3H3,(H,22,24)(H,23,25)(H,27,28).